The number of carboxylic acid groups (broad SMARTS) is 1. The lowest BCUT2D eigenvalue weighted by molar-refractivity contribution is -0.388. The number of carbonyl (C=O) groups is 1. The average molecular weight is 566 g/mol. The first-order chi connectivity index (χ1) is 18.9. The molecule has 214 valence electrons. The number of hydrogen-bond donors (Lipinski definition) is 2. The Morgan fingerprint density at radius 3 is 2.45 bits per heavy atom. The van der Waals surface area contributed by atoms with Crippen LogP contribution in [0.4, 0.5) is 34.6 Å². The minimum absolute atomic E-state index is 0.00418. The van der Waals surface area contributed by atoms with Gasteiger partial charge >= 0.3 is 12.1 Å². The molecule has 3 aromatic rings. The average Bonchev–Trinajstić information content (AvgIpc) is 2.91. The van der Waals surface area contributed by atoms with Crippen LogP contribution in [0.25, 0.3) is 10.9 Å². The molecule has 2 aromatic carbocycles. The summed E-state index contributed by atoms with van der Waals surface area (Å²) in [7, 11) is 0. The highest BCUT2D eigenvalue weighted by atomic mass is 19.4. The van der Waals surface area contributed by atoms with Crippen molar-refractivity contribution in [2.75, 3.05) is 49.5 Å². The van der Waals surface area contributed by atoms with Crippen LogP contribution in [0.2, 0.25) is 0 Å². The van der Waals surface area contributed by atoms with Crippen molar-refractivity contribution in [2.24, 2.45) is 0 Å². The number of nitrogens with one attached hydrogen (secondary N) is 1. The molecular formula is C26H27F4N5O5. The molecule has 1 aliphatic rings. The van der Waals surface area contributed by atoms with Gasteiger partial charge < -0.3 is 19.9 Å². The number of alkyl halides is 3. The smallest absolute Gasteiger partial charge is 0.423 e. The molecule has 0 aliphatic carbocycles. The predicted molar refractivity (Wildman–Crippen MR) is 141 cm³/mol. The summed E-state index contributed by atoms with van der Waals surface area (Å²) in [4.78, 5) is 37.8. The van der Waals surface area contributed by atoms with Gasteiger partial charge in [0.1, 0.15) is 16.9 Å². The monoisotopic (exact) mass is 565 g/mol. The Kier molecular flexibility index (Phi) is 8.28. The molecule has 0 spiro atoms. The Labute approximate surface area is 225 Å². The largest absolute Gasteiger partial charge is 0.477 e. The Morgan fingerprint density at radius 2 is 1.85 bits per heavy atom. The van der Waals surface area contributed by atoms with E-state index in [4.69, 9.17) is 0 Å². The number of aryl methyl sites for hydroxylation is 1. The minimum Gasteiger partial charge on any atom is -0.477 e. The molecule has 1 aliphatic heterocycles. The van der Waals surface area contributed by atoms with Gasteiger partial charge in [-0.05, 0) is 44.2 Å². The van der Waals surface area contributed by atoms with Crippen LogP contribution < -0.4 is 15.6 Å². The lowest BCUT2D eigenvalue weighted by Gasteiger charge is -2.36. The number of hydrogen-bond acceptors (Lipinski definition) is 7. The zero-order valence-corrected chi connectivity index (χ0v) is 21.5. The van der Waals surface area contributed by atoms with Crippen molar-refractivity contribution in [1.82, 2.24) is 9.47 Å². The normalized spacial score (nSPS) is 14.5. The van der Waals surface area contributed by atoms with Crippen molar-refractivity contribution in [1.29, 1.82) is 0 Å². The molecule has 0 amide bonds. The van der Waals surface area contributed by atoms with Crippen LogP contribution in [-0.4, -0.2) is 64.7 Å². The molecule has 1 saturated heterocycles. The third-order valence-electron chi connectivity index (χ3n) is 6.91. The summed E-state index contributed by atoms with van der Waals surface area (Å²) in [6.45, 7) is 5.37. The van der Waals surface area contributed by atoms with E-state index in [1.807, 2.05) is 4.90 Å². The highest BCUT2D eigenvalue weighted by Crippen LogP contribution is 2.37. The van der Waals surface area contributed by atoms with Gasteiger partial charge in [-0.2, -0.15) is 13.2 Å². The SMILES string of the molecule is CCn1cc(C(=O)O)c(=O)c2cc(F)c(N3CCN(CCCNc4ccc([N+](=O)[O-])c(C(F)(F)F)c4)CC3)cc21. The Hall–Kier alpha value is -4.20. The van der Waals surface area contributed by atoms with E-state index in [1.165, 1.54) is 12.3 Å². The van der Waals surface area contributed by atoms with Gasteiger partial charge in [0, 0.05) is 62.6 Å². The molecule has 14 heteroatoms. The van der Waals surface area contributed by atoms with Crippen LogP contribution >= 0.6 is 0 Å². The first-order valence-corrected chi connectivity index (χ1v) is 12.6. The van der Waals surface area contributed by atoms with Gasteiger partial charge in [-0.1, -0.05) is 0 Å². The molecule has 2 N–H and O–H groups in total. The number of rotatable bonds is 9. The third kappa shape index (κ3) is 6.01. The maximum atomic E-state index is 15.1. The fourth-order valence-electron chi connectivity index (χ4n) is 4.84. The summed E-state index contributed by atoms with van der Waals surface area (Å²) < 4.78 is 56.2. The van der Waals surface area contributed by atoms with Gasteiger partial charge in [-0.25, -0.2) is 9.18 Å². The van der Waals surface area contributed by atoms with Crippen LogP contribution in [0.3, 0.4) is 0 Å². The number of pyridine rings is 1. The van der Waals surface area contributed by atoms with Gasteiger partial charge in [0.2, 0.25) is 5.43 Å². The first-order valence-electron chi connectivity index (χ1n) is 12.6. The van der Waals surface area contributed by atoms with Crippen LogP contribution in [0, 0.1) is 15.9 Å². The number of nitro groups is 1. The van der Waals surface area contributed by atoms with Crippen molar-refractivity contribution in [3.05, 3.63) is 73.8 Å². The number of nitro benzene ring substituents is 1. The second-order valence-electron chi connectivity index (χ2n) is 9.38. The fraction of sp³-hybridized carbons (Fsp3) is 0.385. The topological polar surface area (TPSA) is 121 Å². The van der Waals surface area contributed by atoms with Crippen molar-refractivity contribution in [2.45, 2.75) is 26.1 Å². The van der Waals surface area contributed by atoms with Crippen LogP contribution in [0.15, 0.2) is 41.3 Å². The summed E-state index contributed by atoms with van der Waals surface area (Å²) in [6.07, 6.45) is -2.99. The number of fused-ring (bicyclic) bond motifs is 1. The number of carboxylic acids is 1. The Morgan fingerprint density at radius 1 is 1.15 bits per heavy atom. The zero-order chi connectivity index (χ0) is 29.2. The van der Waals surface area contributed by atoms with Gasteiger partial charge in [-0.15, -0.1) is 0 Å². The highest BCUT2D eigenvalue weighted by molar-refractivity contribution is 5.93. The second kappa shape index (κ2) is 11.5. The quantitative estimate of drug-likeness (QED) is 0.169. The van der Waals surface area contributed by atoms with E-state index in [0.717, 1.165) is 18.2 Å². The van der Waals surface area contributed by atoms with Gasteiger partial charge in [0.25, 0.3) is 5.69 Å². The number of anilines is 2. The van der Waals surface area contributed by atoms with Crippen LogP contribution in [0.5, 0.6) is 0 Å². The third-order valence-corrected chi connectivity index (χ3v) is 6.91. The van der Waals surface area contributed by atoms with E-state index in [1.54, 1.807) is 17.6 Å². The maximum absolute atomic E-state index is 15.1. The van der Waals surface area contributed by atoms with Crippen LogP contribution in [0.1, 0.15) is 29.3 Å². The number of halogens is 4. The predicted octanol–water partition coefficient (Wildman–Crippen LogP) is 4.41. The molecule has 2 heterocycles. The summed E-state index contributed by atoms with van der Waals surface area (Å²) in [5.41, 5.74) is -2.56. The van der Waals surface area contributed by atoms with E-state index >= 15 is 4.39 Å². The van der Waals surface area contributed by atoms with E-state index < -0.39 is 45.1 Å². The van der Waals surface area contributed by atoms with Gasteiger partial charge in [0.05, 0.1) is 16.1 Å². The molecule has 10 nitrogen and oxygen atoms in total. The van der Waals surface area contributed by atoms with E-state index in [-0.39, 0.29) is 11.1 Å². The maximum Gasteiger partial charge on any atom is 0.423 e. The Bertz CT molecular complexity index is 1500. The molecule has 0 radical (unpaired) electrons. The molecule has 0 bridgehead atoms. The zero-order valence-electron chi connectivity index (χ0n) is 21.5. The molecular weight excluding hydrogens is 538 g/mol. The lowest BCUT2D eigenvalue weighted by Crippen LogP contribution is -2.47. The van der Waals surface area contributed by atoms with Crippen molar-refractivity contribution < 1.29 is 32.4 Å². The first kappa shape index (κ1) is 28.8. The van der Waals surface area contributed by atoms with Gasteiger partial charge in [0.15, 0.2) is 0 Å². The van der Waals surface area contributed by atoms with E-state index in [0.29, 0.717) is 63.4 Å². The minimum atomic E-state index is -4.85. The summed E-state index contributed by atoms with van der Waals surface area (Å²) in [6, 6.07) is 5.47. The number of aromatic nitrogens is 1. The number of piperazine rings is 1. The molecule has 0 saturated carbocycles. The summed E-state index contributed by atoms with van der Waals surface area (Å²) in [5, 5.41) is 23.1. The molecule has 40 heavy (non-hydrogen) atoms. The fourth-order valence-corrected chi connectivity index (χ4v) is 4.84. The molecule has 0 atom stereocenters. The van der Waals surface area contributed by atoms with Crippen molar-refractivity contribution in [3.8, 4) is 0 Å². The standard InChI is InChI=1S/C26H27F4N5O5/c1-2-33-15-18(25(37)38)24(36)17-13-20(27)23(14-22(17)33)34-10-8-32(9-11-34)7-3-6-31-16-4-5-21(35(39)40)19(12-16)26(28,29)30/h4-5,12-15,31H,2-3,6-11H2,1H3,(H,37,38). The summed E-state index contributed by atoms with van der Waals surface area (Å²) >= 11 is 0. The number of benzene rings is 2. The Balaban J connectivity index is 1.36. The molecule has 1 fully saturated rings. The van der Waals surface area contributed by atoms with E-state index in [2.05, 4.69) is 10.2 Å². The highest BCUT2D eigenvalue weighted by Gasteiger charge is 2.38. The lowest BCUT2D eigenvalue weighted by atomic mass is 10.1. The summed E-state index contributed by atoms with van der Waals surface area (Å²) in [5.74, 6) is -1.99. The second-order valence-corrected chi connectivity index (χ2v) is 9.38. The number of nitrogens with zero attached hydrogens (tertiary/aromatic N) is 4. The molecule has 1 aromatic heterocycles. The molecule has 0 unspecified atom stereocenters. The molecule has 4 rings (SSSR count). The van der Waals surface area contributed by atoms with Crippen LogP contribution in [-0.2, 0) is 12.7 Å². The van der Waals surface area contributed by atoms with Crippen molar-refractivity contribution >= 4 is 33.9 Å². The van der Waals surface area contributed by atoms with E-state index in [9.17, 15) is 38.0 Å². The van der Waals surface area contributed by atoms with Crippen molar-refractivity contribution in [3.63, 3.8) is 0 Å². The van der Waals surface area contributed by atoms with Gasteiger partial charge in [-0.3, -0.25) is 19.8 Å². The number of aromatic carboxylic acids is 1.